The van der Waals surface area contributed by atoms with E-state index in [1.54, 1.807) is 0 Å². The fourth-order valence-corrected chi connectivity index (χ4v) is 3.80. The van der Waals surface area contributed by atoms with Crippen molar-refractivity contribution >= 4 is 0 Å². The summed E-state index contributed by atoms with van der Waals surface area (Å²) in [4.78, 5) is 0. The third-order valence-electron chi connectivity index (χ3n) is 5.01. The molecule has 0 heterocycles. The largest absolute Gasteiger partial charge is 0.394 e. The van der Waals surface area contributed by atoms with Gasteiger partial charge in [-0.2, -0.15) is 0 Å². The number of hydrogen-bond donors (Lipinski definition) is 2. The van der Waals surface area contributed by atoms with Gasteiger partial charge in [0.15, 0.2) is 0 Å². The zero-order valence-electron chi connectivity index (χ0n) is 19.5. The number of ether oxygens (including phenoxy) is 4. The van der Waals surface area contributed by atoms with Crippen molar-refractivity contribution in [1.82, 2.24) is 0 Å². The molecule has 30 heavy (non-hydrogen) atoms. The Morgan fingerprint density at radius 3 is 1.63 bits per heavy atom. The summed E-state index contributed by atoms with van der Waals surface area (Å²) in [6.07, 6.45) is 0.852. The molecule has 174 valence electrons. The highest BCUT2D eigenvalue weighted by Crippen LogP contribution is 2.47. The van der Waals surface area contributed by atoms with E-state index >= 15 is 0 Å². The van der Waals surface area contributed by atoms with E-state index in [0.717, 1.165) is 12.0 Å². The molecule has 0 amide bonds. The maximum Gasteiger partial charge on any atom is 0.118 e. The van der Waals surface area contributed by atoms with Crippen LogP contribution < -0.4 is 0 Å². The minimum Gasteiger partial charge on any atom is -0.394 e. The first-order valence-corrected chi connectivity index (χ1v) is 10.8. The Bertz CT molecular complexity index is 555. The van der Waals surface area contributed by atoms with Crippen molar-refractivity contribution in [2.24, 2.45) is 10.8 Å². The highest BCUT2D eigenvalue weighted by molar-refractivity contribution is 5.25. The summed E-state index contributed by atoms with van der Waals surface area (Å²) >= 11 is 0. The van der Waals surface area contributed by atoms with Crippen molar-refractivity contribution in [2.45, 2.75) is 46.6 Å². The molecule has 2 N–H and O–H groups in total. The fraction of sp³-hybridized carbons (Fsp3) is 0.750. The Labute approximate surface area is 182 Å². The van der Waals surface area contributed by atoms with Crippen LogP contribution in [-0.2, 0) is 24.5 Å². The molecule has 0 aliphatic heterocycles. The van der Waals surface area contributed by atoms with Crippen LogP contribution in [0.5, 0.6) is 0 Å². The molecule has 1 aromatic rings. The molecule has 1 rings (SSSR count). The molecule has 0 aliphatic carbocycles. The predicted molar refractivity (Wildman–Crippen MR) is 119 cm³/mol. The fourth-order valence-electron chi connectivity index (χ4n) is 3.80. The van der Waals surface area contributed by atoms with E-state index in [9.17, 15) is 5.11 Å². The van der Waals surface area contributed by atoms with Crippen LogP contribution in [0.1, 0.15) is 46.6 Å². The molecule has 0 aliphatic rings. The molecule has 1 atom stereocenters. The van der Waals surface area contributed by atoms with E-state index in [4.69, 9.17) is 24.1 Å². The zero-order chi connectivity index (χ0) is 22.5. The Balaban J connectivity index is 2.44. The highest BCUT2D eigenvalue weighted by Gasteiger charge is 2.46. The van der Waals surface area contributed by atoms with Gasteiger partial charge in [-0.1, -0.05) is 65.0 Å². The van der Waals surface area contributed by atoms with Crippen LogP contribution in [0.15, 0.2) is 30.3 Å². The lowest BCUT2D eigenvalue weighted by molar-refractivity contribution is -0.142. The number of rotatable bonds is 16. The van der Waals surface area contributed by atoms with Crippen molar-refractivity contribution < 1.29 is 29.2 Å². The van der Waals surface area contributed by atoms with Crippen LogP contribution in [0.25, 0.3) is 0 Å². The first-order valence-electron chi connectivity index (χ1n) is 10.8. The summed E-state index contributed by atoms with van der Waals surface area (Å²) in [5.41, 5.74) is -0.520. The van der Waals surface area contributed by atoms with Crippen molar-refractivity contribution in [3.63, 3.8) is 0 Å². The minimum atomic E-state index is -1.10. The van der Waals surface area contributed by atoms with Crippen molar-refractivity contribution in [1.29, 1.82) is 0 Å². The number of aliphatic hydroxyl groups is 2. The van der Waals surface area contributed by atoms with Crippen LogP contribution >= 0.6 is 0 Å². The van der Waals surface area contributed by atoms with Gasteiger partial charge in [0, 0.05) is 5.41 Å². The van der Waals surface area contributed by atoms with E-state index in [1.807, 2.05) is 30.3 Å². The maximum atomic E-state index is 11.7. The summed E-state index contributed by atoms with van der Waals surface area (Å²) < 4.78 is 21.9. The van der Waals surface area contributed by atoms with Gasteiger partial charge >= 0.3 is 0 Å². The molecule has 6 heteroatoms. The normalized spacial score (nSPS) is 14.6. The molecule has 1 unspecified atom stereocenters. The summed E-state index contributed by atoms with van der Waals surface area (Å²) in [6.45, 7) is 14.1. The molecule has 0 spiro atoms. The van der Waals surface area contributed by atoms with Gasteiger partial charge in [-0.25, -0.2) is 0 Å². The molecule has 0 aromatic heterocycles. The van der Waals surface area contributed by atoms with Crippen molar-refractivity contribution in [2.75, 3.05) is 59.5 Å². The third-order valence-corrected chi connectivity index (χ3v) is 5.01. The summed E-state index contributed by atoms with van der Waals surface area (Å²) in [5, 5.41) is 20.3. The van der Waals surface area contributed by atoms with E-state index in [1.165, 1.54) is 0 Å². The van der Waals surface area contributed by atoms with Gasteiger partial charge < -0.3 is 29.2 Å². The van der Waals surface area contributed by atoms with Gasteiger partial charge in [0.05, 0.1) is 59.5 Å². The summed E-state index contributed by atoms with van der Waals surface area (Å²) in [7, 11) is 0. The van der Waals surface area contributed by atoms with Crippen LogP contribution in [0.3, 0.4) is 0 Å². The average molecular weight is 427 g/mol. The quantitative estimate of drug-likeness (QED) is 0.395. The second-order valence-electron chi connectivity index (χ2n) is 9.46. The standard InChI is InChI=1S/C24H42O6/c1-22(2,3)19-23(4,5)24(26,21-9-7-6-8-10-21)20-30-18-17-29-16-15-28-14-13-27-12-11-25/h6-10,25-26H,11-20H2,1-5H3. The molecule has 1 aromatic carbocycles. The predicted octanol–water partition coefficient (Wildman–Crippen LogP) is 3.40. The molecular weight excluding hydrogens is 384 g/mol. The van der Waals surface area contributed by atoms with Crippen LogP contribution in [0, 0.1) is 10.8 Å². The number of aliphatic hydroxyl groups excluding tert-OH is 1. The van der Waals surface area contributed by atoms with Gasteiger partial charge in [-0.05, 0) is 17.4 Å². The first kappa shape index (κ1) is 27.0. The summed E-state index contributed by atoms with van der Waals surface area (Å²) in [5.74, 6) is 0. The SMILES string of the molecule is CC(C)(C)CC(C)(C)C(O)(COCCOCCOCCOCCO)c1ccccc1. The molecule has 0 radical (unpaired) electrons. The minimum absolute atomic E-state index is 0.0237. The molecular formula is C24H42O6. The average Bonchev–Trinajstić information content (AvgIpc) is 2.67. The summed E-state index contributed by atoms with van der Waals surface area (Å²) in [6, 6.07) is 9.78. The van der Waals surface area contributed by atoms with Gasteiger partial charge in [0.25, 0.3) is 0 Å². The second-order valence-corrected chi connectivity index (χ2v) is 9.46. The number of hydrogen-bond acceptors (Lipinski definition) is 6. The third kappa shape index (κ3) is 9.86. The van der Waals surface area contributed by atoms with Crippen molar-refractivity contribution in [3.8, 4) is 0 Å². The van der Waals surface area contributed by atoms with E-state index in [2.05, 4.69) is 34.6 Å². The molecule has 6 nitrogen and oxygen atoms in total. The highest BCUT2D eigenvalue weighted by atomic mass is 16.6. The topological polar surface area (TPSA) is 77.4 Å². The lowest BCUT2D eigenvalue weighted by atomic mass is 9.64. The van der Waals surface area contributed by atoms with Gasteiger partial charge in [0.1, 0.15) is 5.60 Å². The Morgan fingerprint density at radius 1 is 0.700 bits per heavy atom. The Morgan fingerprint density at radius 2 is 1.17 bits per heavy atom. The van der Waals surface area contributed by atoms with Gasteiger partial charge in [-0.15, -0.1) is 0 Å². The molecule has 0 saturated heterocycles. The van der Waals surface area contributed by atoms with Crippen LogP contribution in [-0.4, -0.2) is 69.7 Å². The first-order chi connectivity index (χ1) is 14.1. The van der Waals surface area contributed by atoms with Crippen molar-refractivity contribution in [3.05, 3.63) is 35.9 Å². The lowest BCUT2D eigenvalue weighted by Gasteiger charge is -2.46. The van der Waals surface area contributed by atoms with E-state index < -0.39 is 5.60 Å². The second kappa shape index (κ2) is 13.4. The molecule has 0 saturated carbocycles. The zero-order valence-corrected chi connectivity index (χ0v) is 19.5. The number of benzene rings is 1. The van der Waals surface area contributed by atoms with E-state index in [0.29, 0.717) is 46.2 Å². The molecule has 0 bridgehead atoms. The Hall–Kier alpha value is -1.02. The van der Waals surface area contributed by atoms with E-state index in [-0.39, 0.29) is 24.0 Å². The smallest absolute Gasteiger partial charge is 0.118 e. The Kier molecular flexibility index (Phi) is 12.1. The van der Waals surface area contributed by atoms with Gasteiger partial charge in [-0.3, -0.25) is 0 Å². The lowest BCUT2D eigenvalue weighted by Crippen LogP contribution is -2.47. The van der Waals surface area contributed by atoms with Crippen LogP contribution in [0.2, 0.25) is 0 Å². The van der Waals surface area contributed by atoms with Gasteiger partial charge in [0.2, 0.25) is 0 Å². The monoisotopic (exact) mass is 426 g/mol. The maximum absolute atomic E-state index is 11.7. The molecule has 0 fully saturated rings. The van der Waals surface area contributed by atoms with Crippen LogP contribution in [0.4, 0.5) is 0 Å².